The first kappa shape index (κ1) is 25.8. The van der Waals surface area contributed by atoms with Crippen LogP contribution in [0, 0.1) is 23.5 Å². The lowest BCUT2D eigenvalue weighted by molar-refractivity contribution is -0.122. The summed E-state index contributed by atoms with van der Waals surface area (Å²) in [4.78, 5) is 36.0. The van der Waals surface area contributed by atoms with E-state index in [1.54, 1.807) is 30.3 Å². The number of amides is 1. The van der Waals surface area contributed by atoms with Gasteiger partial charge in [0.25, 0.3) is 0 Å². The summed E-state index contributed by atoms with van der Waals surface area (Å²) in [7, 11) is 2.47. The summed E-state index contributed by atoms with van der Waals surface area (Å²) >= 11 is 0. The Morgan fingerprint density at radius 1 is 0.946 bits per heavy atom. The third-order valence-electron chi connectivity index (χ3n) is 6.26. The summed E-state index contributed by atoms with van der Waals surface area (Å²) in [5.41, 5.74) is 1.90. The number of methoxy groups -OCH3 is 2. The molecule has 0 aliphatic heterocycles. The number of halogens is 2. The van der Waals surface area contributed by atoms with Gasteiger partial charge in [0.2, 0.25) is 5.91 Å². The van der Waals surface area contributed by atoms with Gasteiger partial charge in [0.05, 0.1) is 19.8 Å². The summed E-state index contributed by atoms with van der Waals surface area (Å²) in [5.74, 6) is -2.87. The molecule has 8 heteroatoms. The van der Waals surface area contributed by atoms with Crippen LogP contribution in [-0.2, 0) is 20.8 Å². The SMILES string of the molecule is COC(=O)c1ccc(/C=C/C2CC2C(=O)NCc2ccc(-c3cccc(F)c3C(=O)OC)cc2F)cc1. The number of carbonyl (C=O) groups excluding carboxylic acids is 3. The average Bonchev–Trinajstić information content (AvgIpc) is 3.70. The van der Waals surface area contributed by atoms with Gasteiger partial charge >= 0.3 is 11.9 Å². The Hall–Kier alpha value is -4.33. The van der Waals surface area contributed by atoms with E-state index in [1.165, 1.54) is 31.4 Å². The van der Waals surface area contributed by atoms with E-state index in [0.29, 0.717) is 17.5 Å². The summed E-state index contributed by atoms with van der Waals surface area (Å²) < 4.78 is 38.4. The molecule has 6 nitrogen and oxygen atoms in total. The first-order chi connectivity index (χ1) is 17.8. The van der Waals surface area contributed by atoms with Crippen LogP contribution in [0.1, 0.15) is 38.3 Å². The van der Waals surface area contributed by atoms with Crippen molar-refractivity contribution in [1.29, 1.82) is 0 Å². The van der Waals surface area contributed by atoms with Gasteiger partial charge in [-0.1, -0.05) is 48.6 Å². The van der Waals surface area contributed by atoms with Gasteiger partial charge in [-0.05, 0) is 53.3 Å². The number of carbonyl (C=O) groups is 3. The number of allylic oxidation sites excluding steroid dienone is 1. The summed E-state index contributed by atoms with van der Waals surface area (Å²) in [6, 6.07) is 15.3. The zero-order valence-corrected chi connectivity index (χ0v) is 20.3. The van der Waals surface area contributed by atoms with Crippen LogP contribution in [-0.4, -0.2) is 32.1 Å². The quantitative estimate of drug-likeness (QED) is 0.427. The fourth-order valence-corrected chi connectivity index (χ4v) is 4.06. The first-order valence-corrected chi connectivity index (χ1v) is 11.6. The smallest absolute Gasteiger partial charge is 0.341 e. The van der Waals surface area contributed by atoms with Gasteiger partial charge in [-0.3, -0.25) is 4.79 Å². The van der Waals surface area contributed by atoms with Crippen LogP contribution in [0.5, 0.6) is 0 Å². The Morgan fingerprint density at radius 2 is 1.68 bits per heavy atom. The second-order valence-corrected chi connectivity index (χ2v) is 8.66. The lowest BCUT2D eigenvalue weighted by Crippen LogP contribution is -2.25. The zero-order chi connectivity index (χ0) is 26.5. The maximum atomic E-state index is 14.8. The van der Waals surface area contributed by atoms with E-state index in [-0.39, 0.29) is 41.0 Å². The molecule has 0 radical (unpaired) electrons. The zero-order valence-electron chi connectivity index (χ0n) is 20.3. The van der Waals surface area contributed by atoms with Gasteiger partial charge in [0, 0.05) is 18.0 Å². The van der Waals surface area contributed by atoms with Crippen molar-refractivity contribution in [2.45, 2.75) is 13.0 Å². The normalized spacial score (nSPS) is 16.3. The molecule has 1 amide bonds. The highest BCUT2D eigenvalue weighted by Crippen LogP contribution is 2.40. The maximum absolute atomic E-state index is 14.8. The highest BCUT2D eigenvalue weighted by molar-refractivity contribution is 5.97. The Morgan fingerprint density at radius 3 is 2.35 bits per heavy atom. The third kappa shape index (κ3) is 5.91. The largest absolute Gasteiger partial charge is 0.465 e. The minimum absolute atomic E-state index is 0.000118. The van der Waals surface area contributed by atoms with Gasteiger partial charge in [-0.25, -0.2) is 18.4 Å². The molecule has 1 aliphatic carbocycles. The molecule has 190 valence electrons. The van der Waals surface area contributed by atoms with Crippen molar-refractivity contribution in [3.8, 4) is 11.1 Å². The minimum atomic E-state index is -0.851. The third-order valence-corrected chi connectivity index (χ3v) is 6.26. The molecule has 3 aromatic rings. The topological polar surface area (TPSA) is 81.7 Å². The molecule has 4 rings (SSSR count). The Kier molecular flexibility index (Phi) is 7.77. The van der Waals surface area contributed by atoms with Crippen LogP contribution in [0.25, 0.3) is 17.2 Å². The van der Waals surface area contributed by atoms with Crippen LogP contribution in [0.2, 0.25) is 0 Å². The molecular weight excluding hydrogens is 480 g/mol. The number of nitrogens with one attached hydrogen (secondary N) is 1. The van der Waals surface area contributed by atoms with Crippen LogP contribution < -0.4 is 5.32 Å². The van der Waals surface area contributed by atoms with E-state index in [2.05, 4.69) is 14.8 Å². The molecule has 0 spiro atoms. The number of ether oxygens (including phenoxy) is 2. The summed E-state index contributed by atoms with van der Waals surface area (Å²) in [6.45, 7) is -0.000118. The fourth-order valence-electron chi connectivity index (χ4n) is 4.06. The van der Waals surface area contributed by atoms with Crippen LogP contribution in [0.3, 0.4) is 0 Å². The monoisotopic (exact) mass is 505 g/mol. The van der Waals surface area contributed by atoms with E-state index in [1.807, 2.05) is 12.2 Å². The van der Waals surface area contributed by atoms with Crippen molar-refractivity contribution < 1.29 is 32.6 Å². The molecule has 1 saturated carbocycles. The number of hydrogen-bond acceptors (Lipinski definition) is 5. The first-order valence-electron chi connectivity index (χ1n) is 11.6. The lowest BCUT2D eigenvalue weighted by Gasteiger charge is -2.11. The predicted octanol–water partition coefficient (Wildman–Crippen LogP) is 5.17. The average molecular weight is 506 g/mol. The number of rotatable bonds is 8. The Labute approximate surface area is 212 Å². The highest BCUT2D eigenvalue weighted by atomic mass is 19.1. The second kappa shape index (κ2) is 11.2. The molecule has 0 saturated heterocycles. The van der Waals surface area contributed by atoms with Gasteiger partial charge in [-0.2, -0.15) is 0 Å². The van der Waals surface area contributed by atoms with Gasteiger partial charge < -0.3 is 14.8 Å². The van der Waals surface area contributed by atoms with E-state index in [9.17, 15) is 23.2 Å². The minimum Gasteiger partial charge on any atom is -0.465 e. The summed E-state index contributed by atoms with van der Waals surface area (Å²) in [5, 5.41) is 2.77. The van der Waals surface area contributed by atoms with Crippen molar-refractivity contribution in [3.05, 3.63) is 101 Å². The van der Waals surface area contributed by atoms with Crippen LogP contribution in [0.15, 0.2) is 66.7 Å². The molecule has 2 atom stereocenters. The molecule has 1 aliphatic rings. The van der Waals surface area contributed by atoms with E-state index >= 15 is 0 Å². The van der Waals surface area contributed by atoms with Crippen molar-refractivity contribution in [2.75, 3.05) is 14.2 Å². The number of esters is 2. The second-order valence-electron chi connectivity index (χ2n) is 8.66. The van der Waals surface area contributed by atoms with Crippen molar-refractivity contribution >= 4 is 23.9 Å². The molecule has 2 unspecified atom stereocenters. The Balaban J connectivity index is 1.35. The highest BCUT2D eigenvalue weighted by Gasteiger charge is 2.40. The molecule has 0 bridgehead atoms. The standard InChI is InChI=1S/C29H25F2NO5/c1-36-28(34)18-9-6-17(7-10-18)8-11-19-14-23(19)27(33)32-16-21-13-12-20(15-25(21)31)22-4-3-5-24(30)26(22)29(35)37-2/h3-13,15,19,23H,14,16H2,1-2H3,(H,32,33)/b11-8+. The van der Waals surface area contributed by atoms with Gasteiger partial charge in [-0.15, -0.1) is 0 Å². The molecule has 0 aromatic heterocycles. The van der Waals surface area contributed by atoms with Gasteiger partial charge in [0.15, 0.2) is 0 Å². The summed E-state index contributed by atoms with van der Waals surface area (Å²) in [6.07, 6.45) is 4.54. The number of benzene rings is 3. The number of hydrogen-bond donors (Lipinski definition) is 1. The van der Waals surface area contributed by atoms with E-state index in [0.717, 1.165) is 18.7 Å². The maximum Gasteiger partial charge on any atom is 0.341 e. The van der Waals surface area contributed by atoms with Crippen molar-refractivity contribution in [2.24, 2.45) is 11.8 Å². The molecule has 37 heavy (non-hydrogen) atoms. The van der Waals surface area contributed by atoms with Gasteiger partial charge in [0.1, 0.15) is 17.2 Å². The fraction of sp³-hybridized carbons (Fsp3) is 0.207. The molecular formula is C29H25F2NO5. The molecule has 1 fully saturated rings. The van der Waals surface area contributed by atoms with Crippen LogP contribution >= 0.6 is 0 Å². The lowest BCUT2D eigenvalue weighted by atomic mass is 9.98. The molecule has 1 N–H and O–H groups in total. The van der Waals surface area contributed by atoms with E-state index in [4.69, 9.17) is 0 Å². The molecule has 3 aromatic carbocycles. The molecule has 0 heterocycles. The van der Waals surface area contributed by atoms with Crippen molar-refractivity contribution in [1.82, 2.24) is 5.32 Å². The van der Waals surface area contributed by atoms with E-state index < -0.39 is 23.6 Å². The Bertz CT molecular complexity index is 1370. The van der Waals surface area contributed by atoms with Crippen molar-refractivity contribution in [3.63, 3.8) is 0 Å². The predicted molar refractivity (Wildman–Crippen MR) is 133 cm³/mol. The van der Waals surface area contributed by atoms with Crippen LogP contribution in [0.4, 0.5) is 8.78 Å².